The molecule has 4 nitrogen and oxygen atoms in total. The van der Waals surface area contributed by atoms with Gasteiger partial charge in [0.1, 0.15) is 0 Å². The third-order valence-electron chi connectivity index (χ3n) is 4.66. The van der Waals surface area contributed by atoms with Crippen LogP contribution in [-0.4, -0.2) is 60.2 Å². The lowest BCUT2D eigenvalue weighted by atomic mass is 10.0. The van der Waals surface area contributed by atoms with E-state index >= 15 is 0 Å². The Balaban J connectivity index is 1.64. The molecule has 0 aliphatic carbocycles. The topological polar surface area (TPSA) is 41.6 Å². The molecule has 3 fully saturated rings. The normalized spacial score (nSPS) is 34.3. The average Bonchev–Trinajstić information content (AvgIpc) is 3.18. The minimum atomic E-state index is 0.0516. The van der Waals surface area contributed by atoms with Crippen LogP contribution in [0.15, 0.2) is 0 Å². The van der Waals surface area contributed by atoms with Gasteiger partial charge in [0, 0.05) is 24.9 Å². The van der Waals surface area contributed by atoms with Crippen molar-refractivity contribution in [2.45, 2.75) is 56.7 Å². The molecule has 3 heterocycles. The summed E-state index contributed by atoms with van der Waals surface area (Å²) in [5, 5.41) is 3.41. The molecule has 114 valence electrons. The number of carbonyl (C=O) groups excluding carboxylic acids is 1. The van der Waals surface area contributed by atoms with E-state index in [1.165, 1.54) is 18.6 Å². The van der Waals surface area contributed by atoms with Crippen molar-refractivity contribution in [3.63, 3.8) is 0 Å². The Labute approximate surface area is 126 Å². The number of ether oxygens (including phenoxy) is 1. The highest BCUT2D eigenvalue weighted by Gasteiger charge is 2.34. The number of nitrogens with zero attached hydrogens (tertiary/aromatic N) is 1. The van der Waals surface area contributed by atoms with Gasteiger partial charge in [0.05, 0.1) is 12.1 Å². The zero-order chi connectivity index (χ0) is 13.8. The van der Waals surface area contributed by atoms with E-state index in [4.69, 9.17) is 4.74 Å². The number of rotatable bonds is 4. The Morgan fingerprint density at radius 3 is 2.85 bits per heavy atom. The highest BCUT2D eigenvalue weighted by molar-refractivity contribution is 7.99. The van der Waals surface area contributed by atoms with Gasteiger partial charge in [0.25, 0.3) is 0 Å². The zero-order valence-electron chi connectivity index (χ0n) is 12.2. The summed E-state index contributed by atoms with van der Waals surface area (Å²) in [6.07, 6.45) is 7.06. The van der Waals surface area contributed by atoms with Crippen LogP contribution in [0.1, 0.15) is 38.5 Å². The molecule has 0 saturated carbocycles. The minimum absolute atomic E-state index is 0.0516. The third kappa shape index (κ3) is 3.49. The van der Waals surface area contributed by atoms with E-state index in [0.29, 0.717) is 11.9 Å². The van der Waals surface area contributed by atoms with Crippen molar-refractivity contribution in [3.8, 4) is 0 Å². The largest absolute Gasteiger partial charge is 0.376 e. The molecule has 0 bridgehead atoms. The van der Waals surface area contributed by atoms with E-state index < -0.39 is 0 Å². The highest BCUT2D eigenvalue weighted by atomic mass is 32.2. The van der Waals surface area contributed by atoms with Crippen LogP contribution in [0.2, 0.25) is 0 Å². The first-order valence-corrected chi connectivity index (χ1v) is 9.23. The molecule has 3 unspecified atom stereocenters. The van der Waals surface area contributed by atoms with E-state index in [1.807, 2.05) is 11.8 Å². The zero-order valence-corrected chi connectivity index (χ0v) is 13.0. The second kappa shape index (κ2) is 7.14. The number of carbonyl (C=O) groups is 1. The summed E-state index contributed by atoms with van der Waals surface area (Å²) >= 11 is 1.98. The van der Waals surface area contributed by atoms with Gasteiger partial charge >= 0.3 is 0 Å². The van der Waals surface area contributed by atoms with Crippen molar-refractivity contribution in [1.29, 1.82) is 0 Å². The summed E-state index contributed by atoms with van der Waals surface area (Å²) in [5.41, 5.74) is 0. The van der Waals surface area contributed by atoms with E-state index in [1.54, 1.807) is 0 Å². The summed E-state index contributed by atoms with van der Waals surface area (Å²) in [7, 11) is 0. The quantitative estimate of drug-likeness (QED) is 0.857. The molecule has 3 saturated heterocycles. The second-order valence-corrected chi connectivity index (χ2v) is 7.30. The average molecular weight is 298 g/mol. The first kappa shape index (κ1) is 14.7. The van der Waals surface area contributed by atoms with Crippen molar-refractivity contribution >= 4 is 17.7 Å². The Morgan fingerprint density at radius 1 is 1.25 bits per heavy atom. The van der Waals surface area contributed by atoms with Gasteiger partial charge in [0.15, 0.2) is 0 Å². The smallest absolute Gasteiger partial charge is 0.240 e. The second-order valence-electron chi connectivity index (χ2n) is 6.15. The fourth-order valence-corrected chi connectivity index (χ4v) is 4.68. The number of nitrogens with one attached hydrogen (secondary N) is 1. The number of hydrogen-bond donors (Lipinski definition) is 1. The van der Waals surface area contributed by atoms with Crippen LogP contribution >= 0.6 is 11.8 Å². The van der Waals surface area contributed by atoms with Crippen LogP contribution in [0.25, 0.3) is 0 Å². The standard InChI is InChI=1S/C15H26N2O2S/c18-15(14-5-1-2-7-16-14)17(12-6-9-20-11-12)10-13-4-3-8-19-13/h12-14,16H,1-11H2. The molecule has 1 amide bonds. The molecule has 3 rings (SSSR count). The van der Waals surface area contributed by atoms with Crippen LogP contribution in [0.3, 0.4) is 0 Å². The van der Waals surface area contributed by atoms with Crippen LogP contribution in [-0.2, 0) is 9.53 Å². The van der Waals surface area contributed by atoms with Gasteiger partial charge in [-0.05, 0) is 44.4 Å². The number of thioether (sulfide) groups is 1. The summed E-state index contributed by atoms with van der Waals surface area (Å²) < 4.78 is 5.76. The van der Waals surface area contributed by atoms with Gasteiger partial charge in [-0.1, -0.05) is 6.42 Å². The van der Waals surface area contributed by atoms with E-state index in [2.05, 4.69) is 10.2 Å². The number of piperidine rings is 1. The summed E-state index contributed by atoms with van der Waals surface area (Å²) in [4.78, 5) is 15.0. The molecule has 3 atom stereocenters. The monoisotopic (exact) mass is 298 g/mol. The fourth-order valence-electron chi connectivity index (χ4n) is 3.46. The molecular formula is C15H26N2O2S. The highest BCUT2D eigenvalue weighted by Crippen LogP contribution is 2.26. The molecule has 0 aromatic heterocycles. The molecule has 5 heteroatoms. The van der Waals surface area contributed by atoms with Crippen LogP contribution in [0, 0.1) is 0 Å². The molecule has 20 heavy (non-hydrogen) atoms. The molecule has 0 aromatic carbocycles. The first-order chi connectivity index (χ1) is 9.84. The van der Waals surface area contributed by atoms with Crippen molar-refractivity contribution < 1.29 is 9.53 Å². The summed E-state index contributed by atoms with van der Waals surface area (Å²) in [5.74, 6) is 2.62. The van der Waals surface area contributed by atoms with Gasteiger partial charge in [-0.2, -0.15) is 11.8 Å². The minimum Gasteiger partial charge on any atom is -0.376 e. The van der Waals surface area contributed by atoms with Crippen molar-refractivity contribution in [2.24, 2.45) is 0 Å². The Morgan fingerprint density at radius 2 is 2.20 bits per heavy atom. The summed E-state index contributed by atoms with van der Waals surface area (Å²) in [6.45, 7) is 2.67. The fraction of sp³-hybridized carbons (Fsp3) is 0.933. The number of amides is 1. The van der Waals surface area contributed by atoms with E-state index in [9.17, 15) is 4.79 Å². The molecule has 0 spiro atoms. The Hall–Kier alpha value is -0.260. The molecular weight excluding hydrogens is 272 g/mol. The molecule has 0 aromatic rings. The van der Waals surface area contributed by atoms with Crippen molar-refractivity contribution in [3.05, 3.63) is 0 Å². The third-order valence-corrected chi connectivity index (χ3v) is 5.81. The van der Waals surface area contributed by atoms with Gasteiger partial charge in [-0.25, -0.2) is 0 Å². The predicted molar refractivity (Wildman–Crippen MR) is 82.1 cm³/mol. The van der Waals surface area contributed by atoms with Crippen LogP contribution in [0.4, 0.5) is 0 Å². The maximum Gasteiger partial charge on any atom is 0.240 e. The van der Waals surface area contributed by atoms with Gasteiger partial charge in [-0.15, -0.1) is 0 Å². The van der Waals surface area contributed by atoms with Crippen LogP contribution < -0.4 is 5.32 Å². The van der Waals surface area contributed by atoms with Crippen molar-refractivity contribution in [1.82, 2.24) is 10.2 Å². The molecule has 3 aliphatic heterocycles. The van der Waals surface area contributed by atoms with Crippen molar-refractivity contribution in [2.75, 3.05) is 31.2 Å². The number of hydrogen-bond acceptors (Lipinski definition) is 4. The maximum absolute atomic E-state index is 12.9. The van der Waals surface area contributed by atoms with E-state index in [-0.39, 0.29) is 12.1 Å². The lowest BCUT2D eigenvalue weighted by Crippen LogP contribution is -2.53. The Bertz CT molecular complexity index is 322. The van der Waals surface area contributed by atoms with E-state index in [0.717, 1.165) is 51.1 Å². The predicted octanol–water partition coefficient (Wildman–Crippen LogP) is 1.64. The maximum atomic E-state index is 12.9. The molecule has 0 radical (unpaired) electrons. The van der Waals surface area contributed by atoms with Crippen LogP contribution in [0.5, 0.6) is 0 Å². The molecule has 3 aliphatic rings. The van der Waals surface area contributed by atoms with Gasteiger partial charge in [-0.3, -0.25) is 4.79 Å². The summed E-state index contributed by atoms with van der Waals surface area (Å²) in [6, 6.07) is 0.483. The SMILES string of the molecule is O=C(C1CCCCN1)N(CC1CCCO1)C1CCSC1. The lowest BCUT2D eigenvalue weighted by molar-refractivity contribution is -0.137. The van der Waals surface area contributed by atoms with Gasteiger partial charge in [0.2, 0.25) is 5.91 Å². The first-order valence-electron chi connectivity index (χ1n) is 8.08. The van der Waals surface area contributed by atoms with Gasteiger partial charge < -0.3 is 15.0 Å². The lowest BCUT2D eigenvalue weighted by Gasteiger charge is -2.35. The molecule has 1 N–H and O–H groups in total. The Kier molecular flexibility index (Phi) is 5.24.